The van der Waals surface area contributed by atoms with Crippen LogP contribution in [0.25, 0.3) is 0 Å². The van der Waals surface area contributed by atoms with Gasteiger partial charge in [0.1, 0.15) is 5.82 Å². The number of halogens is 2. The highest BCUT2D eigenvalue weighted by Gasteiger charge is 2.10. The van der Waals surface area contributed by atoms with Crippen LogP contribution in [0.2, 0.25) is 5.02 Å². The Labute approximate surface area is 87.8 Å². The standard InChI is InChI=1S/C11H12ClFO/c1-2-3-4-11(14)9-6-5-8(13)7-10(9)12/h2,5-7,11,14H,1,3-4H2. The molecular formula is C11H12ClFO. The van der Waals surface area contributed by atoms with Gasteiger partial charge in [0.05, 0.1) is 6.10 Å². The summed E-state index contributed by atoms with van der Waals surface area (Å²) in [5.41, 5.74) is 0.565. The number of benzene rings is 1. The second kappa shape index (κ2) is 5.13. The van der Waals surface area contributed by atoms with Gasteiger partial charge in [0.2, 0.25) is 0 Å². The fourth-order valence-electron chi connectivity index (χ4n) is 1.20. The third-order valence-corrected chi connectivity index (χ3v) is 2.29. The average molecular weight is 215 g/mol. The van der Waals surface area contributed by atoms with E-state index in [1.54, 1.807) is 6.08 Å². The Bertz CT molecular complexity index is 325. The van der Waals surface area contributed by atoms with Gasteiger partial charge in [0.25, 0.3) is 0 Å². The zero-order chi connectivity index (χ0) is 10.6. The van der Waals surface area contributed by atoms with Gasteiger partial charge < -0.3 is 5.11 Å². The van der Waals surface area contributed by atoms with Crippen LogP contribution in [-0.2, 0) is 0 Å². The quantitative estimate of drug-likeness (QED) is 0.761. The maximum atomic E-state index is 12.7. The number of aliphatic hydroxyl groups is 1. The highest BCUT2D eigenvalue weighted by molar-refractivity contribution is 6.31. The Morgan fingerprint density at radius 1 is 1.57 bits per heavy atom. The van der Waals surface area contributed by atoms with Gasteiger partial charge in [-0.3, -0.25) is 0 Å². The molecule has 0 aliphatic heterocycles. The number of hydrogen-bond acceptors (Lipinski definition) is 1. The molecule has 3 heteroatoms. The summed E-state index contributed by atoms with van der Waals surface area (Å²) in [7, 11) is 0. The largest absolute Gasteiger partial charge is 0.388 e. The molecule has 1 aromatic carbocycles. The van der Waals surface area contributed by atoms with Gasteiger partial charge in [-0.05, 0) is 30.5 Å². The van der Waals surface area contributed by atoms with Crippen molar-refractivity contribution >= 4 is 11.6 Å². The summed E-state index contributed by atoms with van der Waals surface area (Å²) in [4.78, 5) is 0. The maximum Gasteiger partial charge on any atom is 0.124 e. The molecule has 14 heavy (non-hydrogen) atoms. The second-order valence-corrected chi connectivity index (χ2v) is 3.45. The van der Waals surface area contributed by atoms with E-state index in [4.69, 9.17) is 11.6 Å². The first-order valence-electron chi connectivity index (χ1n) is 4.39. The number of hydrogen-bond donors (Lipinski definition) is 1. The van der Waals surface area contributed by atoms with E-state index in [1.807, 2.05) is 0 Å². The van der Waals surface area contributed by atoms with E-state index < -0.39 is 11.9 Å². The lowest BCUT2D eigenvalue weighted by Crippen LogP contribution is -1.98. The normalized spacial score (nSPS) is 12.5. The van der Waals surface area contributed by atoms with Gasteiger partial charge in [-0.15, -0.1) is 6.58 Å². The van der Waals surface area contributed by atoms with Crippen molar-refractivity contribution in [2.45, 2.75) is 18.9 Å². The Kier molecular flexibility index (Phi) is 4.11. The van der Waals surface area contributed by atoms with E-state index >= 15 is 0 Å². The molecule has 1 rings (SSSR count). The van der Waals surface area contributed by atoms with E-state index in [1.165, 1.54) is 18.2 Å². The molecule has 1 unspecified atom stereocenters. The lowest BCUT2D eigenvalue weighted by atomic mass is 10.0. The molecular weight excluding hydrogens is 203 g/mol. The molecule has 0 bridgehead atoms. The molecule has 0 saturated heterocycles. The molecule has 0 aromatic heterocycles. The van der Waals surface area contributed by atoms with Crippen LogP contribution in [0.1, 0.15) is 24.5 Å². The predicted octanol–water partition coefficient (Wildman–Crippen LogP) is 3.48. The smallest absolute Gasteiger partial charge is 0.124 e. The third-order valence-electron chi connectivity index (χ3n) is 1.97. The lowest BCUT2D eigenvalue weighted by Gasteiger charge is -2.11. The van der Waals surface area contributed by atoms with E-state index in [0.29, 0.717) is 18.4 Å². The van der Waals surface area contributed by atoms with Gasteiger partial charge in [0, 0.05) is 5.02 Å². The zero-order valence-electron chi connectivity index (χ0n) is 7.71. The number of aliphatic hydroxyl groups excluding tert-OH is 1. The van der Waals surface area contributed by atoms with Crippen molar-refractivity contribution in [1.29, 1.82) is 0 Å². The van der Waals surface area contributed by atoms with E-state index in [9.17, 15) is 9.50 Å². The van der Waals surface area contributed by atoms with Crippen LogP contribution in [0.15, 0.2) is 30.9 Å². The van der Waals surface area contributed by atoms with E-state index in [0.717, 1.165) is 0 Å². The van der Waals surface area contributed by atoms with Crippen LogP contribution in [0.4, 0.5) is 4.39 Å². The van der Waals surface area contributed by atoms with Crippen molar-refractivity contribution in [3.8, 4) is 0 Å². The molecule has 0 radical (unpaired) electrons. The second-order valence-electron chi connectivity index (χ2n) is 3.05. The van der Waals surface area contributed by atoms with Crippen molar-refractivity contribution < 1.29 is 9.50 Å². The van der Waals surface area contributed by atoms with Crippen molar-refractivity contribution in [3.05, 3.63) is 47.3 Å². The van der Waals surface area contributed by atoms with Crippen molar-refractivity contribution in [2.24, 2.45) is 0 Å². The zero-order valence-corrected chi connectivity index (χ0v) is 8.47. The number of rotatable bonds is 4. The van der Waals surface area contributed by atoms with Crippen LogP contribution in [0.5, 0.6) is 0 Å². The monoisotopic (exact) mass is 214 g/mol. The predicted molar refractivity (Wildman–Crippen MR) is 55.8 cm³/mol. The molecule has 0 fully saturated rings. The van der Waals surface area contributed by atoms with Gasteiger partial charge in [-0.25, -0.2) is 4.39 Å². The molecule has 1 nitrogen and oxygen atoms in total. The van der Waals surface area contributed by atoms with Crippen LogP contribution >= 0.6 is 11.6 Å². The molecule has 1 atom stereocenters. The molecule has 0 saturated carbocycles. The van der Waals surface area contributed by atoms with Crippen molar-refractivity contribution in [1.82, 2.24) is 0 Å². The van der Waals surface area contributed by atoms with Crippen LogP contribution in [0, 0.1) is 5.82 Å². The first-order valence-corrected chi connectivity index (χ1v) is 4.77. The first kappa shape index (κ1) is 11.2. The Morgan fingerprint density at radius 2 is 2.29 bits per heavy atom. The summed E-state index contributed by atoms with van der Waals surface area (Å²) in [6.07, 6.45) is 2.32. The summed E-state index contributed by atoms with van der Waals surface area (Å²) in [5.74, 6) is -0.394. The fraction of sp³-hybridized carbons (Fsp3) is 0.273. The molecule has 0 spiro atoms. The van der Waals surface area contributed by atoms with Gasteiger partial charge >= 0.3 is 0 Å². The SMILES string of the molecule is C=CCCC(O)c1ccc(F)cc1Cl. The maximum absolute atomic E-state index is 12.7. The number of allylic oxidation sites excluding steroid dienone is 1. The molecule has 76 valence electrons. The molecule has 0 heterocycles. The average Bonchev–Trinajstić information content (AvgIpc) is 2.14. The van der Waals surface area contributed by atoms with Crippen molar-refractivity contribution in [2.75, 3.05) is 0 Å². The first-order chi connectivity index (χ1) is 6.65. The van der Waals surface area contributed by atoms with E-state index in [-0.39, 0.29) is 5.02 Å². The fourth-order valence-corrected chi connectivity index (χ4v) is 1.50. The van der Waals surface area contributed by atoms with Crippen LogP contribution in [0.3, 0.4) is 0 Å². The van der Waals surface area contributed by atoms with Crippen molar-refractivity contribution in [3.63, 3.8) is 0 Å². The van der Waals surface area contributed by atoms with Crippen LogP contribution < -0.4 is 0 Å². The summed E-state index contributed by atoms with van der Waals surface area (Å²) in [6.45, 7) is 3.56. The third kappa shape index (κ3) is 2.82. The summed E-state index contributed by atoms with van der Waals surface area (Å²) in [5, 5.41) is 9.93. The lowest BCUT2D eigenvalue weighted by molar-refractivity contribution is 0.169. The molecule has 1 N–H and O–H groups in total. The summed E-state index contributed by atoms with van der Waals surface area (Å²) >= 11 is 5.78. The molecule has 0 amide bonds. The Hall–Kier alpha value is -0.860. The molecule has 1 aromatic rings. The Morgan fingerprint density at radius 3 is 2.86 bits per heavy atom. The minimum absolute atomic E-state index is 0.265. The highest BCUT2D eigenvalue weighted by atomic mass is 35.5. The van der Waals surface area contributed by atoms with Gasteiger partial charge in [-0.1, -0.05) is 23.7 Å². The Balaban J connectivity index is 2.78. The molecule has 0 aliphatic rings. The van der Waals surface area contributed by atoms with E-state index in [2.05, 4.69) is 6.58 Å². The topological polar surface area (TPSA) is 20.2 Å². The van der Waals surface area contributed by atoms with Gasteiger partial charge in [0.15, 0.2) is 0 Å². The van der Waals surface area contributed by atoms with Gasteiger partial charge in [-0.2, -0.15) is 0 Å². The minimum Gasteiger partial charge on any atom is -0.388 e. The summed E-state index contributed by atoms with van der Waals surface area (Å²) < 4.78 is 12.7. The van der Waals surface area contributed by atoms with Crippen LogP contribution in [-0.4, -0.2) is 5.11 Å². The molecule has 0 aliphatic carbocycles. The summed E-state index contributed by atoms with van der Waals surface area (Å²) in [6, 6.07) is 4.00. The highest BCUT2D eigenvalue weighted by Crippen LogP contribution is 2.26. The minimum atomic E-state index is -0.652.